The molecule has 96 valence electrons. The van der Waals surface area contributed by atoms with Crippen molar-refractivity contribution in [2.24, 2.45) is 11.8 Å². The molecule has 1 fully saturated rings. The second-order valence-corrected chi connectivity index (χ2v) is 5.96. The maximum Gasteiger partial charge on any atom is 0.0809 e. The zero-order valence-corrected chi connectivity index (χ0v) is 11.7. The Labute approximate surface area is 101 Å². The van der Waals surface area contributed by atoms with E-state index in [1.807, 2.05) is 7.05 Å². The lowest BCUT2D eigenvalue weighted by atomic mass is 9.74. The predicted molar refractivity (Wildman–Crippen MR) is 69.7 cm³/mol. The van der Waals surface area contributed by atoms with Crippen molar-refractivity contribution >= 4 is 0 Å². The highest BCUT2D eigenvalue weighted by molar-refractivity contribution is 4.90. The summed E-state index contributed by atoms with van der Waals surface area (Å²) >= 11 is 0. The van der Waals surface area contributed by atoms with Gasteiger partial charge in [0.15, 0.2) is 0 Å². The topological polar surface area (TPSA) is 21.3 Å². The number of nitrogens with one attached hydrogen (secondary N) is 1. The van der Waals surface area contributed by atoms with Gasteiger partial charge in [0, 0.05) is 6.54 Å². The lowest BCUT2D eigenvalue weighted by Crippen LogP contribution is -2.47. The standard InChI is InChI=1S/C14H29NO/c1-11(2)13-6-8-14(9-7-13,10-15-5)16-12(3)4/h11-13,15H,6-10H2,1-5H3. The third kappa shape index (κ3) is 3.74. The SMILES string of the molecule is CNCC1(OC(C)C)CCC(C(C)C)CC1. The fourth-order valence-corrected chi connectivity index (χ4v) is 2.99. The molecule has 0 amide bonds. The fourth-order valence-electron chi connectivity index (χ4n) is 2.99. The van der Waals surface area contributed by atoms with Gasteiger partial charge in [0.1, 0.15) is 0 Å². The molecular weight excluding hydrogens is 198 g/mol. The van der Waals surface area contributed by atoms with E-state index in [1.165, 1.54) is 25.7 Å². The van der Waals surface area contributed by atoms with Crippen molar-refractivity contribution in [1.29, 1.82) is 0 Å². The molecule has 1 rings (SSSR count). The summed E-state index contributed by atoms with van der Waals surface area (Å²) in [7, 11) is 2.03. The molecule has 0 unspecified atom stereocenters. The zero-order valence-electron chi connectivity index (χ0n) is 11.7. The Bertz CT molecular complexity index is 193. The summed E-state index contributed by atoms with van der Waals surface area (Å²) in [6.45, 7) is 9.98. The van der Waals surface area contributed by atoms with Gasteiger partial charge in [0.25, 0.3) is 0 Å². The summed E-state index contributed by atoms with van der Waals surface area (Å²) < 4.78 is 6.18. The van der Waals surface area contributed by atoms with Gasteiger partial charge in [-0.25, -0.2) is 0 Å². The molecule has 0 aromatic heterocycles. The van der Waals surface area contributed by atoms with E-state index in [-0.39, 0.29) is 5.60 Å². The summed E-state index contributed by atoms with van der Waals surface area (Å²) in [6, 6.07) is 0. The smallest absolute Gasteiger partial charge is 0.0809 e. The predicted octanol–water partition coefficient (Wildman–Crippen LogP) is 3.22. The Morgan fingerprint density at radius 3 is 2.12 bits per heavy atom. The van der Waals surface area contributed by atoms with Gasteiger partial charge in [-0.05, 0) is 58.4 Å². The Morgan fingerprint density at radius 2 is 1.75 bits per heavy atom. The number of rotatable bonds is 5. The molecule has 0 heterocycles. The van der Waals surface area contributed by atoms with Crippen LogP contribution in [0.1, 0.15) is 53.4 Å². The van der Waals surface area contributed by atoms with E-state index in [4.69, 9.17) is 4.74 Å². The second kappa shape index (κ2) is 6.02. The summed E-state index contributed by atoms with van der Waals surface area (Å²) in [6.07, 6.45) is 5.42. The molecule has 0 aliphatic heterocycles. The molecule has 0 aromatic carbocycles. The Hall–Kier alpha value is -0.0800. The molecule has 0 atom stereocenters. The van der Waals surface area contributed by atoms with Crippen LogP contribution in [-0.2, 0) is 4.74 Å². The molecule has 1 aliphatic rings. The van der Waals surface area contributed by atoms with Crippen LogP contribution < -0.4 is 5.32 Å². The number of ether oxygens (including phenoxy) is 1. The van der Waals surface area contributed by atoms with E-state index >= 15 is 0 Å². The molecule has 16 heavy (non-hydrogen) atoms. The van der Waals surface area contributed by atoms with Crippen molar-refractivity contribution in [2.45, 2.75) is 65.1 Å². The first-order chi connectivity index (χ1) is 7.49. The third-order valence-corrected chi connectivity index (χ3v) is 3.87. The molecule has 1 N–H and O–H groups in total. The highest BCUT2D eigenvalue weighted by atomic mass is 16.5. The molecule has 0 bridgehead atoms. The van der Waals surface area contributed by atoms with Gasteiger partial charge in [-0.1, -0.05) is 13.8 Å². The summed E-state index contributed by atoms with van der Waals surface area (Å²) in [4.78, 5) is 0. The number of hydrogen-bond donors (Lipinski definition) is 1. The summed E-state index contributed by atoms with van der Waals surface area (Å²) in [5, 5.41) is 3.30. The highest BCUT2D eigenvalue weighted by Crippen LogP contribution is 2.38. The minimum atomic E-state index is 0.105. The van der Waals surface area contributed by atoms with E-state index in [1.54, 1.807) is 0 Å². The van der Waals surface area contributed by atoms with Gasteiger partial charge in [-0.2, -0.15) is 0 Å². The van der Waals surface area contributed by atoms with Crippen LogP contribution in [0.15, 0.2) is 0 Å². The van der Waals surface area contributed by atoms with Crippen LogP contribution in [0.3, 0.4) is 0 Å². The Morgan fingerprint density at radius 1 is 1.19 bits per heavy atom. The van der Waals surface area contributed by atoms with Crippen molar-refractivity contribution in [3.63, 3.8) is 0 Å². The normalized spacial score (nSPS) is 31.3. The van der Waals surface area contributed by atoms with Gasteiger partial charge in [-0.3, -0.25) is 0 Å². The van der Waals surface area contributed by atoms with E-state index in [9.17, 15) is 0 Å². The van der Waals surface area contributed by atoms with Crippen LogP contribution in [0, 0.1) is 11.8 Å². The number of likely N-dealkylation sites (N-methyl/N-ethyl adjacent to an activating group) is 1. The molecule has 1 saturated carbocycles. The van der Waals surface area contributed by atoms with Gasteiger partial charge in [-0.15, -0.1) is 0 Å². The van der Waals surface area contributed by atoms with Crippen LogP contribution in [0.25, 0.3) is 0 Å². The van der Waals surface area contributed by atoms with E-state index in [0.717, 1.165) is 18.4 Å². The first kappa shape index (κ1) is 14.0. The fraction of sp³-hybridized carbons (Fsp3) is 1.00. The first-order valence-corrected chi connectivity index (χ1v) is 6.81. The zero-order chi connectivity index (χ0) is 12.2. The van der Waals surface area contributed by atoms with E-state index < -0.39 is 0 Å². The third-order valence-electron chi connectivity index (χ3n) is 3.87. The second-order valence-electron chi connectivity index (χ2n) is 5.96. The van der Waals surface area contributed by atoms with Crippen molar-refractivity contribution in [3.05, 3.63) is 0 Å². The van der Waals surface area contributed by atoms with Crippen LogP contribution >= 0.6 is 0 Å². The van der Waals surface area contributed by atoms with E-state index in [0.29, 0.717) is 6.10 Å². The van der Waals surface area contributed by atoms with E-state index in [2.05, 4.69) is 33.0 Å². The quantitative estimate of drug-likeness (QED) is 0.778. The van der Waals surface area contributed by atoms with Crippen LogP contribution in [-0.4, -0.2) is 25.3 Å². The Kier molecular flexibility index (Phi) is 5.26. The van der Waals surface area contributed by atoms with Gasteiger partial charge in [0.05, 0.1) is 11.7 Å². The van der Waals surface area contributed by atoms with Gasteiger partial charge in [0.2, 0.25) is 0 Å². The molecule has 0 radical (unpaired) electrons. The molecule has 2 nitrogen and oxygen atoms in total. The summed E-state index contributed by atoms with van der Waals surface area (Å²) in [5.74, 6) is 1.73. The number of hydrogen-bond acceptors (Lipinski definition) is 2. The molecule has 2 heteroatoms. The largest absolute Gasteiger partial charge is 0.371 e. The maximum atomic E-state index is 6.18. The lowest BCUT2D eigenvalue weighted by Gasteiger charge is -2.42. The minimum absolute atomic E-state index is 0.105. The molecule has 0 saturated heterocycles. The first-order valence-electron chi connectivity index (χ1n) is 6.81. The maximum absolute atomic E-state index is 6.18. The average Bonchev–Trinajstić information content (AvgIpc) is 2.17. The van der Waals surface area contributed by atoms with Crippen LogP contribution in [0.4, 0.5) is 0 Å². The van der Waals surface area contributed by atoms with Crippen molar-refractivity contribution in [2.75, 3.05) is 13.6 Å². The van der Waals surface area contributed by atoms with Gasteiger partial charge >= 0.3 is 0 Å². The average molecular weight is 227 g/mol. The molecule has 1 aliphatic carbocycles. The highest BCUT2D eigenvalue weighted by Gasteiger charge is 2.37. The minimum Gasteiger partial charge on any atom is -0.371 e. The monoisotopic (exact) mass is 227 g/mol. The molecule has 0 aromatic rings. The van der Waals surface area contributed by atoms with Crippen molar-refractivity contribution in [1.82, 2.24) is 5.32 Å². The molecular formula is C14H29NO. The van der Waals surface area contributed by atoms with Crippen LogP contribution in [0.2, 0.25) is 0 Å². The molecule has 0 spiro atoms. The van der Waals surface area contributed by atoms with Crippen molar-refractivity contribution in [3.8, 4) is 0 Å². The lowest BCUT2D eigenvalue weighted by molar-refractivity contribution is -0.107. The van der Waals surface area contributed by atoms with Gasteiger partial charge < -0.3 is 10.1 Å². The summed E-state index contributed by atoms with van der Waals surface area (Å²) in [5.41, 5.74) is 0.105. The van der Waals surface area contributed by atoms with Crippen molar-refractivity contribution < 1.29 is 4.74 Å². The van der Waals surface area contributed by atoms with Crippen LogP contribution in [0.5, 0.6) is 0 Å². The Balaban J connectivity index is 2.55.